The van der Waals surface area contributed by atoms with Gasteiger partial charge in [0.05, 0.1) is 29.7 Å². The Morgan fingerprint density at radius 2 is 2.14 bits per heavy atom. The monoisotopic (exact) mass is 298 g/mol. The standard InChI is InChI=1S/C17H22N4O/c1-17(18)10-6-5-9-15(17)16(22)20-13-11-19-21(12-13)14-7-3-2-4-8-14/h2-4,7-8,11-12,15H,5-6,9-10,18H2,1H3,(H,20,22). The highest BCUT2D eigenvalue weighted by molar-refractivity contribution is 5.93. The molecule has 2 unspecified atom stereocenters. The number of hydrogen-bond acceptors (Lipinski definition) is 3. The Morgan fingerprint density at radius 3 is 2.86 bits per heavy atom. The summed E-state index contributed by atoms with van der Waals surface area (Å²) in [6, 6.07) is 9.81. The van der Waals surface area contributed by atoms with Gasteiger partial charge in [-0.15, -0.1) is 0 Å². The van der Waals surface area contributed by atoms with Crippen molar-refractivity contribution in [3.8, 4) is 5.69 Å². The summed E-state index contributed by atoms with van der Waals surface area (Å²) in [5.41, 5.74) is 7.54. The molecule has 1 aromatic heterocycles. The molecule has 1 aliphatic rings. The van der Waals surface area contributed by atoms with Crippen LogP contribution in [-0.4, -0.2) is 21.2 Å². The lowest BCUT2D eigenvalue weighted by atomic mass is 9.74. The summed E-state index contributed by atoms with van der Waals surface area (Å²) in [5, 5.41) is 7.25. The van der Waals surface area contributed by atoms with Gasteiger partial charge in [0.25, 0.3) is 0 Å². The summed E-state index contributed by atoms with van der Waals surface area (Å²) < 4.78 is 1.75. The van der Waals surface area contributed by atoms with E-state index in [-0.39, 0.29) is 11.8 Å². The Balaban J connectivity index is 1.71. The molecule has 0 radical (unpaired) electrons. The van der Waals surface area contributed by atoms with Crippen molar-refractivity contribution in [3.05, 3.63) is 42.7 Å². The zero-order chi connectivity index (χ0) is 15.6. The highest BCUT2D eigenvalue weighted by atomic mass is 16.2. The molecule has 2 atom stereocenters. The van der Waals surface area contributed by atoms with E-state index in [4.69, 9.17) is 5.73 Å². The Kier molecular flexibility index (Phi) is 3.98. The number of rotatable bonds is 3. The molecule has 0 spiro atoms. The van der Waals surface area contributed by atoms with Crippen molar-refractivity contribution in [1.29, 1.82) is 0 Å². The normalized spacial score (nSPS) is 24.9. The number of nitrogens with two attached hydrogens (primary N) is 1. The van der Waals surface area contributed by atoms with Crippen LogP contribution < -0.4 is 11.1 Å². The number of anilines is 1. The molecule has 1 aromatic carbocycles. The average Bonchev–Trinajstić information content (AvgIpc) is 2.96. The fourth-order valence-corrected chi connectivity index (χ4v) is 3.13. The number of hydrogen-bond donors (Lipinski definition) is 2. The third-order valence-electron chi connectivity index (χ3n) is 4.44. The van der Waals surface area contributed by atoms with Gasteiger partial charge in [-0.2, -0.15) is 5.10 Å². The second kappa shape index (κ2) is 5.93. The van der Waals surface area contributed by atoms with Crippen molar-refractivity contribution < 1.29 is 4.79 Å². The van der Waals surface area contributed by atoms with Crippen molar-refractivity contribution in [2.45, 2.75) is 38.1 Å². The van der Waals surface area contributed by atoms with Crippen LogP contribution in [0, 0.1) is 5.92 Å². The molecule has 1 amide bonds. The van der Waals surface area contributed by atoms with Crippen LogP contribution in [0.1, 0.15) is 32.6 Å². The van der Waals surface area contributed by atoms with E-state index in [1.165, 1.54) is 0 Å². The fourth-order valence-electron chi connectivity index (χ4n) is 3.13. The minimum Gasteiger partial charge on any atom is -0.325 e. The van der Waals surface area contributed by atoms with Gasteiger partial charge in [-0.25, -0.2) is 4.68 Å². The Bertz CT molecular complexity index is 648. The minimum atomic E-state index is -0.419. The van der Waals surface area contributed by atoms with Gasteiger partial charge in [0, 0.05) is 5.54 Å². The van der Waals surface area contributed by atoms with Gasteiger partial charge in [0.15, 0.2) is 0 Å². The molecule has 2 aromatic rings. The summed E-state index contributed by atoms with van der Waals surface area (Å²) in [7, 11) is 0. The quantitative estimate of drug-likeness (QED) is 0.915. The van der Waals surface area contributed by atoms with E-state index in [0.717, 1.165) is 31.4 Å². The SMILES string of the molecule is CC1(N)CCCCC1C(=O)Nc1cnn(-c2ccccc2)c1. The average molecular weight is 298 g/mol. The van der Waals surface area contributed by atoms with Crippen LogP contribution in [0.25, 0.3) is 5.69 Å². The van der Waals surface area contributed by atoms with Crippen LogP contribution in [0.5, 0.6) is 0 Å². The number of carbonyl (C=O) groups excluding carboxylic acids is 1. The number of nitrogens with zero attached hydrogens (tertiary/aromatic N) is 2. The molecule has 3 rings (SSSR count). The van der Waals surface area contributed by atoms with Gasteiger partial charge >= 0.3 is 0 Å². The van der Waals surface area contributed by atoms with Gasteiger partial charge in [0.2, 0.25) is 5.91 Å². The van der Waals surface area contributed by atoms with Crippen LogP contribution >= 0.6 is 0 Å². The third-order valence-corrected chi connectivity index (χ3v) is 4.44. The highest BCUT2D eigenvalue weighted by Crippen LogP contribution is 2.32. The van der Waals surface area contributed by atoms with E-state index >= 15 is 0 Å². The van der Waals surface area contributed by atoms with Gasteiger partial charge in [0.1, 0.15) is 0 Å². The number of amides is 1. The second-order valence-corrected chi connectivity index (χ2v) is 6.30. The smallest absolute Gasteiger partial charge is 0.229 e. The summed E-state index contributed by atoms with van der Waals surface area (Å²) in [4.78, 5) is 12.5. The molecule has 5 nitrogen and oxygen atoms in total. The molecule has 0 saturated heterocycles. The molecule has 3 N–H and O–H groups in total. The van der Waals surface area contributed by atoms with Gasteiger partial charge in [-0.05, 0) is 31.9 Å². The topological polar surface area (TPSA) is 72.9 Å². The van der Waals surface area contributed by atoms with Gasteiger partial charge < -0.3 is 11.1 Å². The van der Waals surface area contributed by atoms with Crippen molar-refractivity contribution in [3.63, 3.8) is 0 Å². The lowest BCUT2D eigenvalue weighted by Gasteiger charge is -2.37. The first kappa shape index (κ1) is 14.8. The van der Waals surface area contributed by atoms with Crippen LogP contribution in [0.2, 0.25) is 0 Å². The van der Waals surface area contributed by atoms with E-state index < -0.39 is 5.54 Å². The molecule has 5 heteroatoms. The summed E-state index contributed by atoms with van der Waals surface area (Å²) in [6.07, 6.45) is 7.41. The molecule has 1 fully saturated rings. The van der Waals surface area contributed by atoms with Crippen molar-refractivity contribution in [1.82, 2.24) is 9.78 Å². The van der Waals surface area contributed by atoms with Crippen LogP contribution in [0.15, 0.2) is 42.7 Å². The zero-order valence-electron chi connectivity index (χ0n) is 12.8. The maximum Gasteiger partial charge on any atom is 0.229 e. The Hall–Kier alpha value is -2.14. The van der Waals surface area contributed by atoms with Crippen LogP contribution in [-0.2, 0) is 4.79 Å². The zero-order valence-corrected chi connectivity index (χ0v) is 12.8. The number of aromatic nitrogens is 2. The Morgan fingerprint density at radius 1 is 1.36 bits per heavy atom. The number of nitrogens with one attached hydrogen (secondary N) is 1. The number of para-hydroxylation sites is 1. The maximum atomic E-state index is 12.5. The predicted molar refractivity (Wildman–Crippen MR) is 86.7 cm³/mol. The molecule has 1 aliphatic carbocycles. The largest absolute Gasteiger partial charge is 0.325 e. The van der Waals surface area contributed by atoms with E-state index in [1.54, 1.807) is 10.9 Å². The minimum absolute atomic E-state index is 0.00249. The second-order valence-electron chi connectivity index (χ2n) is 6.30. The first-order valence-electron chi connectivity index (χ1n) is 7.76. The molecular weight excluding hydrogens is 276 g/mol. The third kappa shape index (κ3) is 3.04. The maximum absolute atomic E-state index is 12.5. The molecular formula is C17H22N4O. The first-order chi connectivity index (χ1) is 10.6. The van der Waals surface area contributed by atoms with E-state index in [2.05, 4.69) is 10.4 Å². The van der Waals surface area contributed by atoms with Gasteiger partial charge in [-0.3, -0.25) is 4.79 Å². The molecule has 1 heterocycles. The van der Waals surface area contributed by atoms with Crippen molar-refractivity contribution in [2.75, 3.05) is 5.32 Å². The van der Waals surface area contributed by atoms with E-state index in [9.17, 15) is 4.79 Å². The van der Waals surface area contributed by atoms with E-state index in [1.807, 2.05) is 43.5 Å². The molecule has 116 valence electrons. The Labute approximate surface area is 130 Å². The number of carbonyl (C=O) groups is 1. The molecule has 22 heavy (non-hydrogen) atoms. The summed E-state index contributed by atoms with van der Waals surface area (Å²) >= 11 is 0. The summed E-state index contributed by atoms with van der Waals surface area (Å²) in [6.45, 7) is 1.98. The number of benzene rings is 1. The molecule has 1 saturated carbocycles. The fraction of sp³-hybridized carbons (Fsp3) is 0.412. The highest BCUT2D eigenvalue weighted by Gasteiger charge is 2.37. The first-order valence-corrected chi connectivity index (χ1v) is 7.76. The lowest BCUT2D eigenvalue weighted by molar-refractivity contribution is -0.122. The summed E-state index contributed by atoms with van der Waals surface area (Å²) in [5.74, 6) is -0.140. The predicted octanol–water partition coefficient (Wildman–Crippen LogP) is 2.72. The van der Waals surface area contributed by atoms with Crippen LogP contribution in [0.3, 0.4) is 0 Å². The molecule has 0 bridgehead atoms. The van der Waals surface area contributed by atoms with Crippen molar-refractivity contribution in [2.24, 2.45) is 11.7 Å². The van der Waals surface area contributed by atoms with E-state index in [0.29, 0.717) is 5.69 Å². The van der Waals surface area contributed by atoms with Crippen LogP contribution in [0.4, 0.5) is 5.69 Å². The van der Waals surface area contributed by atoms with Gasteiger partial charge in [-0.1, -0.05) is 31.0 Å². The lowest BCUT2D eigenvalue weighted by Crippen LogP contribution is -2.51. The molecule has 0 aliphatic heterocycles. The van der Waals surface area contributed by atoms with Crippen molar-refractivity contribution >= 4 is 11.6 Å².